The smallest absolute Gasteiger partial charge is 0.0679 e. The minimum Gasteiger partial charge on any atom is -0.392 e. The molecule has 3 nitrogen and oxygen atoms in total. The van der Waals surface area contributed by atoms with Crippen LogP contribution in [0, 0.1) is 0 Å². The summed E-state index contributed by atoms with van der Waals surface area (Å²) in [5, 5.41) is 9.23. The Morgan fingerprint density at radius 1 is 1.73 bits per heavy atom. The number of nitrogens with zero attached hydrogens (tertiary/aromatic N) is 1. The van der Waals surface area contributed by atoms with E-state index < -0.39 is 0 Å². The highest BCUT2D eigenvalue weighted by molar-refractivity contribution is 4.78. The van der Waals surface area contributed by atoms with Crippen LogP contribution in [0.5, 0.6) is 0 Å². The molecule has 1 aliphatic heterocycles. The van der Waals surface area contributed by atoms with Crippen molar-refractivity contribution in [2.45, 2.75) is 25.5 Å². The topological polar surface area (TPSA) is 32.7 Å². The number of rotatable bonds is 3. The lowest BCUT2D eigenvalue weighted by Gasteiger charge is -2.22. The second kappa shape index (κ2) is 4.04. The van der Waals surface area contributed by atoms with Crippen LogP contribution in [0.3, 0.4) is 0 Å². The highest BCUT2D eigenvalue weighted by Gasteiger charge is 2.23. The minimum absolute atomic E-state index is 0.116. The van der Waals surface area contributed by atoms with Crippen molar-refractivity contribution in [3.63, 3.8) is 0 Å². The van der Waals surface area contributed by atoms with Crippen LogP contribution in [0.4, 0.5) is 0 Å². The molecule has 0 bridgehead atoms. The maximum Gasteiger partial charge on any atom is 0.0679 e. The summed E-state index contributed by atoms with van der Waals surface area (Å²) in [6, 6.07) is 0.442. The number of hydrogen-bond acceptors (Lipinski definition) is 3. The Kier molecular flexibility index (Phi) is 3.30. The van der Waals surface area contributed by atoms with Crippen LogP contribution in [0.2, 0.25) is 0 Å². The molecule has 66 valence electrons. The van der Waals surface area contributed by atoms with E-state index in [9.17, 15) is 5.11 Å². The molecular formula is C8H17NO2. The Bertz CT molecular complexity index is 119. The lowest BCUT2D eigenvalue weighted by atomic mass is 10.3. The van der Waals surface area contributed by atoms with Crippen LogP contribution in [0.1, 0.15) is 13.3 Å². The van der Waals surface area contributed by atoms with E-state index in [-0.39, 0.29) is 6.10 Å². The van der Waals surface area contributed by atoms with Gasteiger partial charge in [-0.05, 0) is 13.3 Å². The average molecular weight is 159 g/mol. The van der Waals surface area contributed by atoms with Gasteiger partial charge in [0.2, 0.25) is 0 Å². The Hall–Kier alpha value is -0.120. The molecule has 0 saturated carbocycles. The molecule has 1 rings (SSSR count). The SMILES string of the molecule is COCC(C)N1CC[C@H](O)C1. The summed E-state index contributed by atoms with van der Waals surface area (Å²) in [6.45, 7) is 4.70. The first kappa shape index (κ1) is 8.97. The number of aliphatic hydroxyl groups excluding tert-OH is 1. The fourth-order valence-electron chi connectivity index (χ4n) is 1.52. The molecule has 0 radical (unpaired) electrons. The van der Waals surface area contributed by atoms with E-state index in [2.05, 4.69) is 11.8 Å². The van der Waals surface area contributed by atoms with Gasteiger partial charge < -0.3 is 9.84 Å². The molecule has 0 amide bonds. The van der Waals surface area contributed by atoms with Crippen LogP contribution in [-0.2, 0) is 4.74 Å². The lowest BCUT2D eigenvalue weighted by Crippen LogP contribution is -2.34. The summed E-state index contributed by atoms with van der Waals surface area (Å²) in [6.07, 6.45) is 0.794. The van der Waals surface area contributed by atoms with Crippen molar-refractivity contribution >= 4 is 0 Å². The van der Waals surface area contributed by atoms with Crippen LogP contribution in [0.25, 0.3) is 0 Å². The van der Waals surface area contributed by atoms with E-state index in [4.69, 9.17) is 4.74 Å². The van der Waals surface area contributed by atoms with Crippen molar-refractivity contribution in [1.82, 2.24) is 4.90 Å². The van der Waals surface area contributed by atoms with Crippen LogP contribution in [-0.4, -0.2) is 49.0 Å². The van der Waals surface area contributed by atoms with E-state index in [1.54, 1.807) is 7.11 Å². The van der Waals surface area contributed by atoms with Gasteiger partial charge >= 0.3 is 0 Å². The first-order valence-corrected chi connectivity index (χ1v) is 4.15. The van der Waals surface area contributed by atoms with E-state index in [0.29, 0.717) is 6.04 Å². The van der Waals surface area contributed by atoms with Crippen molar-refractivity contribution in [2.75, 3.05) is 26.8 Å². The molecule has 0 spiro atoms. The highest BCUT2D eigenvalue weighted by Crippen LogP contribution is 2.11. The zero-order valence-corrected chi connectivity index (χ0v) is 7.29. The Morgan fingerprint density at radius 3 is 2.91 bits per heavy atom. The van der Waals surface area contributed by atoms with Gasteiger partial charge in [-0.15, -0.1) is 0 Å². The predicted molar refractivity (Wildman–Crippen MR) is 43.5 cm³/mol. The number of β-amino-alcohol motifs (C(OH)–C–C–N with tert-alkyl or cyclic N) is 1. The van der Waals surface area contributed by atoms with E-state index in [1.165, 1.54) is 0 Å². The monoisotopic (exact) mass is 159 g/mol. The van der Waals surface area contributed by atoms with Crippen molar-refractivity contribution in [3.8, 4) is 0 Å². The van der Waals surface area contributed by atoms with E-state index in [0.717, 1.165) is 26.1 Å². The van der Waals surface area contributed by atoms with Gasteiger partial charge in [0.15, 0.2) is 0 Å². The molecule has 0 aliphatic carbocycles. The molecule has 2 atom stereocenters. The van der Waals surface area contributed by atoms with Crippen molar-refractivity contribution in [1.29, 1.82) is 0 Å². The Balaban J connectivity index is 2.25. The third-order valence-corrected chi connectivity index (χ3v) is 2.23. The number of aliphatic hydroxyl groups is 1. The summed E-state index contributed by atoms with van der Waals surface area (Å²) in [5.41, 5.74) is 0. The van der Waals surface area contributed by atoms with Crippen LogP contribution in [0.15, 0.2) is 0 Å². The normalized spacial score (nSPS) is 29.2. The molecule has 1 fully saturated rings. The van der Waals surface area contributed by atoms with Crippen molar-refractivity contribution < 1.29 is 9.84 Å². The van der Waals surface area contributed by atoms with Crippen LogP contribution < -0.4 is 0 Å². The van der Waals surface area contributed by atoms with Crippen molar-refractivity contribution in [2.24, 2.45) is 0 Å². The largest absolute Gasteiger partial charge is 0.392 e. The molecule has 0 aromatic heterocycles. The molecule has 0 aromatic carbocycles. The number of hydrogen-bond donors (Lipinski definition) is 1. The number of likely N-dealkylation sites (tertiary alicyclic amines) is 1. The maximum absolute atomic E-state index is 9.23. The highest BCUT2D eigenvalue weighted by atomic mass is 16.5. The zero-order valence-electron chi connectivity index (χ0n) is 7.29. The standard InChI is InChI=1S/C8H17NO2/c1-7(6-11-2)9-4-3-8(10)5-9/h7-8,10H,3-6H2,1-2H3/t7?,8-/m0/s1. The summed E-state index contributed by atoms with van der Waals surface area (Å²) in [5.74, 6) is 0. The zero-order chi connectivity index (χ0) is 8.27. The second-order valence-corrected chi connectivity index (χ2v) is 3.24. The molecule has 3 heteroatoms. The van der Waals surface area contributed by atoms with Gasteiger partial charge in [0.05, 0.1) is 12.7 Å². The molecule has 1 aliphatic rings. The van der Waals surface area contributed by atoms with Gasteiger partial charge in [0, 0.05) is 26.2 Å². The fraction of sp³-hybridized carbons (Fsp3) is 1.00. The molecule has 1 heterocycles. The van der Waals surface area contributed by atoms with E-state index in [1.807, 2.05) is 0 Å². The predicted octanol–water partition coefficient (Wildman–Crippen LogP) is 0.0879. The van der Waals surface area contributed by atoms with Gasteiger partial charge in [0.1, 0.15) is 0 Å². The Labute approximate surface area is 68.0 Å². The van der Waals surface area contributed by atoms with Gasteiger partial charge in [-0.1, -0.05) is 0 Å². The number of methoxy groups -OCH3 is 1. The molecule has 1 N–H and O–H groups in total. The minimum atomic E-state index is -0.116. The van der Waals surface area contributed by atoms with Gasteiger partial charge in [-0.2, -0.15) is 0 Å². The first-order valence-electron chi connectivity index (χ1n) is 4.15. The quantitative estimate of drug-likeness (QED) is 0.633. The molecule has 1 saturated heterocycles. The van der Waals surface area contributed by atoms with E-state index >= 15 is 0 Å². The lowest BCUT2D eigenvalue weighted by molar-refractivity contribution is 0.101. The van der Waals surface area contributed by atoms with Gasteiger partial charge in [-0.3, -0.25) is 4.90 Å². The number of ether oxygens (including phenoxy) is 1. The molecule has 11 heavy (non-hydrogen) atoms. The molecule has 0 aromatic rings. The average Bonchev–Trinajstić information content (AvgIpc) is 2.36. The van der Waals surface area contributed by atoms with Crippen molar-refractivity contribution in [3.05, 3.63) is 0 Å². The Morgan fingerprint density at radius 2 is 2.45 bits per heavy atom. The molecule has 1 unspecified atom stereocenters. The summed E-state index contributed by atoms with van der Waals surface area (Å²) < 4.78 is 5.03. The fourth-order valence-corrected chi connectivity index (χ4v) is 1.52. The first-order chi connectivity index (χ1) is 5.24. The second-order valence-electron chi connectivity index (χ2n) is 3.24. The third-order valence-electron chi connectivity index (χ3n) is 2.23. The van der Waals surface area contributed by atoms with Gasteiger partial charge in [-0.25, -0.2) is 0 Å². The third kappa shape index (κ3) is 2.43. The molecular weight excluding hydrogens is 142 g/mol. The summed E-state index contributed by atoms with van der Waals surface area (Å²) in [4.78, 5) is 2.26. The van der Waals surface area contributed by atoms with Gasteiger partial charge in [0.25, 0.3) is 0 Å². The summed E-state index contributed by atoms with van der Waals surface area (Å²) in [7, 11) is 1.71. The van der Waals surface area contributed by atoms with Crippen LogP contribution >= 0.6 is 0 Å². The summed E-state index contributed by atoms with van der Waals surface area (Å²) >= 11 is 0. The maximum atomic E-state index is 9.23.